The number of aromatic nitrogens is 1. The molecule has 1 N–H and O–H groups in total. The molecule has 1 aromatic heterocycles. The van der Waals surface area contributed by atoms with Gasteiger partial charge in [-0.1, -0.05) is 28.1 Å². The molecule has 0 saturated heterocycles. The van der Waals surface area contributed by atoms with Gasteiger partial charge in [0, 0.05) is 17.1 Å². The number of rotatable bonds is 2. The lowest BCUT2D eigenvalue weighted by molar-refractivity contribution is 1.19. The summed E-state index contributed by atoms with van der Waals surface area (Å²) in [7, 11) is 0. The number of hydrogen-bond donors (Lipinski definition) is 1. The first-order chi connectivity index (χ1) is 5.74. The molecule has 0 unspecified atom stereocenters. The number of allylic oxidation sites excluding steroid dienone is 1. The van der Waals surface area contributed by atoms with Crippen LogP contribution >= 0.6 is 15.9 Å². The van der Waals surface area contributed by atoms with Crippen molar-refractivity contribution in [2.45, 2.75) is 6.92 Å². The van der Waals surface area contributed by atoms with Gasteiger partial charge in [-0.25, -0.2) is 0 Å². The molecule has 0 radical (unpaired) electrons. The van der Waals surface area contributed by atoms with E-state index in [-0.39, 0.29) is 5.56 Å². The summed E-state index contributed by atoms with van der Waals surface area (Å²) >= 11 is 3.25. The number of H-pyrrole nitrogens is 1. The number of alkyl halides is 1. The number of hydrogen-bond acceptors (Lipinski definition) is 1. The van der Waals surface area contributed by atoms with Crippen molar-refractivity contribution < 1.29 is 0 Å². The van der Waals surface area contributed by atoms with Crippen LogP contribution in [0, 0.1) is 6.92 Å². The molecule has 0 aliphatic carbocycles. The molecule has 1 rings (SSSR count). The molecule has 0 bridgehead atoms. The van der Waals surface area contributed by atoms with Gasteiger partial charge in [-0.3, -0.25) is 4.79 Å². The average Bonchev–Trinajstić information content (AvgIpc) is 2.07. The third kappa shape index (κ3) is 2.34. The van der Waals surface area contributed by atoms with E-state index in [2.05, 4.69) is 20.9 Å². The van der Waals surface area contributed by atoms with Crippen LogP contribution in [0.2, 0.25) is 0 Å². The van der Waals surface area contributed by atoms with Gasteiger partial charge in [0.25, 0.3) is 5.56 Å². The first-order valence-electron chi connectivity index (χ1n) is 3.66. The zero-order valence-corrected chi connectivity index (χ0v) is 8.39. The maximum absolute atomic E-state index is 11.2. The molecule has 0 amide bonds. The molecule has 0 fully saturated rings. The van der Waals surface area contributed by atoms with Crippen molar-refractivity contribution in [2.75, 3.05) is 5.33 Å². The first kappa shape index (κ1) is 9.26. The summed E-state index contributed by atoms with van der Waals surface area (Å²) in [6.07, 6.45) is 5.40. The van der Waals surface area contributed by atoms with Gasteiger partial charge >= 0.3 is 0 Å². The van der Waals surface area contributed by atoms with Crippen molar-refractivity contribution in [3.8, 4) is 0 Å². The molecule has 0 aliphatic rings. The van der Waals surface area contributed by atoms with Crippen LogP contribution in [0.5, 0.6) is 0 Å². The van der Waals surface area contributed by atoms with Gasteiger partial charge in [-0.2, -0.15) is 0 Å². The molecule has 1 heterocycles. The Kier molecular flexibility index (Phi) is 3.29. The van der Waals surface area contributed by atoms with Gasteiger partial charge in [-0.15, -0.1) is 0 Å². The minimum absolute atomic E-state index is 0.0437. The summed E-state index contributed by atoms with van der Waals surface area (Å²) in [6, 6.07) is 1.86. The van der Waals surface area contributed by atoms with Crippen molar-refractivity contribution in [3.05, 3.63) is 39.8 Å². The van der Waals surface area contributed by atoms with E-state index in [4.69, 9.17) is 0 Å². The number of halogens is 1. The molecule has 2 nitrogen and oxygen atoms in total. The van der Waals surface area contributed by atoms with Crippen molar-refractivity contribution in [1.82, 2.24) is 4.98 Å². The Morgan fingerprint density at radius 2 is 2.42 bits per heavy atom. The molecule has 12 heavy (non-hydrogen) atoms. The van der Waals surface area contributed by atoms with Crippen molar-refractivity contribution in [2.24, 2.45) is 0 Å². The van der Waals surface area contributed by atoms with Crippen LogP contribution in [0.15, 0.2) is 23.1 Å². The Morgan fingerprint density at radius 3 is 3.08 bits per heavy atom. The fourth-order valence-corrected chi connectivity index (χ4v) is 1.10. The highest BCUT2D eigenvalue weighted by Gasteiger charge is 1.93. The Labute approximate surface area is 79.5 Å². The fraction of sp³-hybridized carbons (Fsp3) is 0.222. The van der Waals surface area contributed by atoms with Crippen LogP contribution in [0.25, 0.3) is 6.08 Å². The SMILES string of the molecule is Cc1c[nH]c(=O)c(C=CCBr)c1. The van der Waals surface area contributed by atoms with Crippen LogP contribution < -0.4 is 5.56 Å². The maximum Gasteiger partial charge on any atom is 0.255 e. The summed E-state index contributed by atoms with van der Waals surface area (Å²) in [5.74, 6) is 0. The van der Waals surface area contributed by atoms with Crippen LogP contribution in [-0.2, 0) is 0 Å². The van der Waals surface area contributed by atoms with Gasteiger partial charge in [0.15, 0.2) is 0 Å². The third-order valence-corrected chi connectivity index (χ3v) is 1.84. The minimum Gasteiger partial charge on any atom is -0.328 e. The average molecular weight is 228 g/mol. The van der Waals surface area contributed by atoms with Crippen LogP contribution in [0.1, 0.15) is 11.1 Å². The fourth-order valence-electron chi connectivity index (χ4n) is 0.911. The van der Waals surface area contributed by atoms with Gasteiger partial charge < -0.3 is 4.98 Å². The zero-order chi connectivity index (χ0) is 8.97. The Bertz CT molecular complexity index is 341. The maximum atomic E-state index is 11.2. The summed E-state index contributed by atoms with van der Waals surface area (Å²) < 4.78 is 0. The highest BCUT2D eigenvalue weighted by atomic mass is 79.9. The van der Waals surface area contributed by atoms with E-state index in [0.717, 1.165) is 10.9 Å². The zero-order valence-electron chi connectivity index (χ0n) is 6.80. The third-order valence-electron chi connectivity index (χ3n) is 1.46. The highest BCUT2D eigenvalue weighted by molar-refractivity contribution is 9.09. The molecule has 1 aromatic rings. The monoisotopic (exact) mass is 227 g/mol. The molecule has 0 spiro atoms. The van der Waals surface area contributed by atoms with E-state index in [1.807, 2.05) is 19.1 Å². The molecule has 0 aliphatic heterocycles. The van der Waals surface area contributed by atoms with E-state index < -0.39 is 0 Å². The van der Waals surface area contributed by atoms with Gasteiger partial charge in [0.05, 0.1) is 0 Å². The van der Waals surface area contributed by atoms with E-state index in [1.165, 1.54) is 0 Å². The standard InChI is InChI=1S/C9H10BrNO/c1-7-5-8(3-2-4-10)9(12)11-6-7/h2-3,5-6H,4H2,1H3,(H,11,12). The quantitative estimate of drug-likeness (QED) is 0.772. The van der Waals surface area contributed by atoms with Crippen LogP contribution in [-0.4, -0.2) is 10.3 Å². The normalized spacial score (nSPS) is 10.8. The highest BCUT2D eigenvalue weighted by Crippen LogP contribution is 1.98. The van der Waals surface area contributed by atoms with E-state index >= 15 is 0 Å². The molecular weight excluding hydrogens is 218 g/mol. The number of aromatic amines is 1. The Morgan fingerprint density at radius 1 is 1.67 bits per heavy atom. The van der Waals surface area contributed by atoms with Crippen LogP contribution in [0.3, 0.4) is 0 Å². The van der Waals surface area contributed by atoms with Crippen molar-refractivity contribution in [3.63, 3.8) is 0 Å². The topological polar surface area (TPSA) is 32.9 Å². The first-order valence-corrected chi connectivity index (χ1v) is 4.78. The smallest absolute Gasteiger partial charge is 0.255 e. The second-order valence-electron chi connectivity index (χ2n) is 2.52. The molecular formula is C9H10BrNO. The Balaban J connectivity index is 3.06. The minimum atomic E-state index is -0.0437. The van der Waals surface area contributed by atoms with Crippen molar-refractivity contribution >= 4 is 22.0 Å². The largest absolute Gasteiger partial charge is 0.328 e. The summed E-state index contributed by atoms with van der Waals surface area (Å²) in [6.45, 7) is 1.95. The molecule has 0 saturated carbocycles. The predicted molar refractivity (Wildman–Crippen MR) is 54.6 cm³/mol. The summed E-state index contributed by atoms with van der Waals surface area (Å²) in [5, 5.41) is 0.764. The predicted octanol–water partition coefficient (Wildman–Crippen LogP) is 2.09. The van der Waals surface area contributed by atoms with Crippen molar-refractivity contribution in [1.29, 1.82) is 0 Å². The van der Waals surface area contributed by atoms with Crippen LogP contribution in [0.4, 0.5) is 0 Å². The number of nitrogens with one attached hydrogen (secondary N) is 1. The lowest BCUT2D eigenvalue weighted by Crippen LogP contribution is -2.08. The van der Waals surface area contributed by atoms with E-state index in [9.17, 15) is 4.79 Å². The second-order valence-corrected chi connectivity index (χ2v) is 3.17. The molecule has 3 heteroatoms. The van der Waals surface area contributed by atoms with E-state index in [1.54, 1.807) is 12.3 Å². The Hall–Kier alpha value is -0.830. The lowest BCUT2D eigenvalue weighted by atomic mass is 10.2. The second kappa shape index (κ2) is 4.26. The molecule has 64 valence electrons. The number of pyridine rings is 1. The van der Waals surface area contributed by atoms with Gasteiger partial charge in [-0.05, 0) is 18.6 Å². The molecule has 0 atom stereocenters. The van der Waals surface area contributed by atoms with E-state index in [0.29, 0.717) is 5.56 Å². The lowest BCUT2D eigenvalue weighted by Gasteiger charge is -1.93. The van der Waals surface area contributed by atoms with Gasteiger partial charge in [0.1, 0.15) is 0 Å². The van der Waals surface area contributed by atoms with Gasteiger partial charge in [0.2, 0.25) is 0 Å². The summed E-state index contributed by atoms with van der Waals surface area (Å²) in [5.41, 5.74) is 1.72. The number of aryl methyl sites for hydroxylation is 1. The summed E-state index contributed by atoms with van der Waals surface area (Å²) in [4.78, 5) is 13.8. The molecule has 0 aromatic carbocycles.